The minimum absolute atomic E-state index is 0. The van der Waals surface area contributed by atoms with E-state index < -0.39 is 0 Å². The number of rotatable bonds is 7. The second kappa shape index (κ2) is 8.95. The molecule has 4 rings (SSSR count). The van der Waals surface area contributed by atoms with Crippen LogP contribution in [0.4, 0.5) is 0 Å². The van der Waals surface area contributed by atoms with Crippen LogP contribution >= 0.6 is 24.0 Å². The number of nitrogens with one attached hydrogen (secondary N) is 1. The van der Waals surface area contributed by atoms with Gasteiger partial charge in [0.1, 0.15) is 0 Å². The smallest absolute Gasteiger partial charge is 0.193 e. The van der Waals surface area contributed by atoms with Gasteiger partial charge in [0, 0.05) is 50.7 Å². The van der Waals surface area contributed by atoms with E-state index in [1.807, 2.05) is 0 Å². The van der Waals surface area contributed by atoms with E-state index in [0.29, 0.717) is 23.5 Å². The normalized spacial score (nSPS) is 32.1. The van der Waals surface area contributed by atoms with Crippen molar-refractivity contribution in [3.05, 3.63) is 0 Å². The molecule has 4 aliphatic rings. The van der Waals surface area contributed by atoms with Crippen LogP contribution in [0.25, 0.3) is 0 Å². The summed E-state index contributed by atoms with van der Waals surface area (Å²) in [4.78, 5) is 7.03. The molecule has 5 nitrogen and oxygen atoms in total. The highest BCUT2D eigenvalue weighted by Crippen LogP contribution is 2.60. The average molecular weight is 477 g/mol. The minimum Gasteiger partial charge on any atom is -0.379 e. The van der Waals surface area contributed by atoms with Crippen molar-refractivity contribution in [2.75, 3.05) is 40.0 Å². The number of aliphatic imine (C=N–C) groups is 1. The Kier molecular flexibility index (Phi) is 7.11. The summed E-state index contributed by atoms with van der Waals surface area (Å²) in [7, 11) is 2.14. The number of hydrogen-bond acceptors (Lipinski definition) is 3. The van der Waals surface area contributed by atoms with Crippen molar-refractivity contribution in [2.24, 2.45) is 22.2 Å². The molecule has 0 radical (unpaired) electrons. The van der Waals surface area contributed by atoms with Crippen LogP contribution in [-0.2, 0) is 9.47 Å². The lowest BCUT2D eigenvalue weighted by Gasteiger charge is -2.57. The van der Waals surface area contributed by atoms with Gasteiger partial charge >= 0.3 is 0 Å². The number of ether oxygens (including phenoxy) is 2. The molecule has 3 aliphatic carbocycles. The molecule has 26 heavy (non-hydrogen) atoms. The van der Waals surface area contributed by atoms with E-state index >= 15 is 0 Å². The lowest BCUT2D eigenvalue weighted by molar-refractivity contribution is -0.125. The molecule has 0 aromatic carbocycles. The maximum Gasteiger partial charge on any atom is 0.193 e. The third kappa shape index (κ3) is 4.02. The second-order valence-electron chi connectivity index (χ2n) is 8.54. The SMILES string of the molecule is CCN=C(NC1C2CCOC2C12CCCC2)N(C)CCOCC1CC1.I. The quantitative estimate of drug-likeness (QED) is 0.265. The molecule has 0 amide bonds. The van der Waals surface area contributed by atoms with Crippen molar-refractivity contribution in [1.82, 2.24) is 10.2 Å². The lowest BCUT2D eigenvalue weighted by Crippen LogP contribution is -2.69. The second-order valence-corrected chi connectivity index (χ2v) is 8.54. The minimum atomic E-state index is 0. The van der Waals surface area contributed by atoms with Crippen molar-refractivity contribution < 1.29 is 9.47 Å². The molecule has 1 saturated heterocycles. The standard InChI is InChI=1S/C20H35N3O2.HI/c1-3-21-19(23(2)11-13-24-14-15-6-7-15)22-17-16-8-12-25-18(16)20(17)9-4-5-10-20;/h15-18H,3-14H2,1-2H3,(H,21,22);1H. The summed E-state index contributed by atoms with van der Waals surface area (Å²) in [6.07, 6.45) is 9.77. The molecule has 150 valence electrons. The van der Waals surface area contributed by atoms with Gasteiger partial charge < -0.3 is 19.7 Å². The van der Waals surface area contributed by atoms with Gasteiger partial charge in [-0.15, -0.1) is 24.0 Å². The van der Waals surface area contributed by atoms with Gasteiger partial charge in [-0.25, -0.2) is 0 Å². The average Bonchev–Trinajstić information content (AvgIpc) is 3.11. The van der Waals surface area contributed by atoms with Crippen molar-refractivity contribution in [3.63, 3.8) is 0 Å². The highest BCUT2D eigenvalue weighted by molar-refractivity contribution is 14.0. The van der Waals surface area contributed by atoms with E-state index in [1.165, 1.54) is 44.9 Å². The van der Waals surface area contributed by atoms with Gasteiger partial charge in [-0.1, -0.05) is 12.8 Å². The summed E-state index contributed by atoms with van der Waals surface area (Å²) in [5.41, 5.74) is 0.374. The Morgan fingerprint density at radius 2 is 2.04 bits per heavy atom. The van der Waals surface area contributed by atoms with Crippen LogP contribution in [0.5, 0.6) is 0 Å². The molecule has 3 saturated carbocycles. The van der Waals surface area contributed by atoms with Crippen LogP contribution in [0.15, 0.2) is 4.99 Å². The molecule has 0 bridgehead atoms. The molecule has 4 fully saturated rings. The van der Waals surface area contributed by atoms with Crippen LogP contribution in [-0.4, -0.2) is 63.0 Å². The van der Waals surface area contributed by atoms with Crippen molar-refractivity contribution in [1.29, 1.82) is 0 Å². The van der Waals surface area contributed by atoms with E-state index in [1.54, 1.807) is 0 Å². The molecular weight excluding hydrogens is 441 g/mol. The number of fused-ring (bicyclic) bond motifs is 2. The summed E-state index contributed by atoms with van der Waals surface area (Å²) in [6, 6.07) is 0.544. The molecule has 1 aliphatic heterocycles. The zero-order valence-electron chi connectivity index (χ0n) is 16.4. The number of hydrogen-bond donors (Lipinski definition) is 1. The van der Waals surface area contributed by atoms with Crippen LogP contribution < -0.4 is 5.32 Å². The first-order chi connectivity index (χ1) is 12.2. The van der Waals surface area contributed by atoms with E-state index in [-0.39, 0.29) is 24.0 Å². The predicted molar refractivity (Wildman–Crippen MR) is 115 cm³/mol. The lowest BCUT2D eigenvalue weighted by atomic mass is 9.54. The molecule has 6 heteroatoms. The first kappa shape index (κ1) is 20.6. The first-order valence-corrected chi connectivity index (χ1v) is 10.5. The Bertz CT molecular complexity index is 491. The van der Waals surface area contributed by atoms with Gasteiger partial charge in [-0.2, -0.15) is 0 Å². The summed E-state index contributed by atoms with van der Waals surface area (Å²) >= 11 is 0. The molecule has 1 heterocycles. The van der Waals surface area contributed by atoms with Crippen molar-refractivity contribution in [3.8, 4) is 0 Å². The zero-order valence-corrected chi connectivity index (χ0v) is 18.7. The fourth-order valence-electron chi connectivity index (χ4n) is 5.31. The Labute approximate surface area is 175 Å². The monoisotopic (exact) mass is 477 g/mol. The molecule has 0 aromatic heterocycles. The van der Waals surface area contributed by atoms with E-state index in [0.717, 1.165) is 44.8 Å². The fraction of sp³-hybridized carbons (Fsp3) is 0.950. The van der Waals surface area contributed by atoms with Gasteiger partial charge in [0.25, 0.3) is 0 Å². The Morgan fingerprint density at radius 1 is 1.27 bits per heavy atom. The van der Waals surface area contributed by atoms with Gasteiger partial charge in [0.05, 0.1) is 12.7 Å². The molecule has 0 aromatic rings. The van der Waals surface area contributed by atoms with Crippen molar-refractivity contribution in [2.45, 2.75) is 64.0 Å². The van der Waals surface area contributed by atoms with Gasteiger partial charge in [-0.05, 0) is 44.9 Å². The van der Waals surface area contributed by atoms with Gasteiger partial charge in [0.15, 0.2) is 5.96 Å². The zero-order chi connectivity index (χ0) is 17.3. The third-order valence-corrected chi connectivity index (χ3v) is 6.86. The summed E-state index contributed by atoms with van der Waals surface area (Å²) in [5, 5.41) is 3.86. The Morgan fingerprint density at radius 3 is 2.73 bits per heavy atom. The maximum atomic E-state index is 6.12. The Balaban J connectivity index is 0.00000196. The van der Waals surface area contributed by atoms with Crippen LogP contribution in [0.2, 0.25) is 0 Å². The van der Waals surface area contributed by atoms with E-state index in [9.17, 15) is 0 Å². The fourth-order valence-corrected chi connectivity index (χ4v) is 5.31. The Hall–Kier alpha value is -0.0800. The largest absolute Gasteiger partial charge is 0.379 e. The number of nitrogens with zero attached hydrogens (tertiary/aromatic N) is 2. The third-order valence-electron chi connectivity index (χ3n) is 6.86. The summed E-state index contributed by atoms with van der Waals surface area (Å²) in [5.74, 6) is 2.57. The molecule has 1 spiro atoms. The van der Waals surface area contributed by atoms with Crippen LogP contribution in [0, 0.1) is 17.3 Å². The van der Waals surface area contributed by atoms with Crippen LogP contribution in [0.1, 0.15) is 51.9 Å². The van der Waals surface area contributed by atoms with Crippen LogP contribution in [0.3, 0.4) is 0 Å². The molecular formula is C20H36IN3O2. The molecule has 3 unspecified atom stereocenters. The van der Waals surface area contributed by atoms with Crippen molar-refractivity contribution >= 4 is 29.9 Å². The van der Waals surface area contributed by atoms with E-state index in [2.05, 4.69) is 24.2 Å². The van der Waals surface area contributed by atoms with Gasteiger partial charge in [0.2, 0.25) is 0 Å². The summed E-state index contributed by atoms with van der Waals surface area (Å²) < 4.78 is 11.9. The highest BCUT2D eigenvalue weighted by atomic mass is 127. The topological polar surface area (TPSA) is 46.1 Å². The summed E-state index contributed by atoms with van der Waals surface area (Å²) in [6.45, 7) is 6.52. The number of halogens is 1. The van der Waals surface area contributed by atoms with Gasteiger partial charge in [-0.3, -0.25) is 4.99 Å². The highest BCUT2D eigenvalue weighted by Gasteiger charge is 2.65. The number of likely N-dealkylation sites (N-methyl/N-ethyl adjacent to an activating group) is 1. The molecule has 1 N–H and O–H groups in total. The maximum absolute atomic E-state index is 6.12. The molecule has 3 atom stereocenters. The number of guanidine groups is 1. The van der Waals surface area contributed by atoms with E-state index in [4.69, 9.17) is 14.5 Å². The predicted octanol–water partition coefficient (Wildman–Crippen LogP) is 3.28. The first-order valence-electron chi connectivity index (χ1n) is 10.5.